The molecule has 0 aromatic heterocycles. The Balaban J connectivity index is 1.70. The van der Waals surface area contributed by atoms with Gasteiger partial charge in [-0.05, 0) is 43.5 Å². The molecule has 2 aromatic rings. The molecule has 27 heavy (non-hydrogen) atoms. The van der Waals surface area contributed by atoms with E-state index in [4.69, 9.17) is 11.6 Å². The van der Waals surface area contributed by atoms with Crippen molar-refractivity contribution >= 4 is 34.9 Å². The highest BCUT2D eigenvalue weighted by molar-refractivity contribution is 6.31. The first kappa shape index (κ1) is 19.0. The molecule has 2 amide bonds. The third kappa shape index (κ3) is 4.01. The van der Waals surface area contributed by atoms with E-state index in [0.717, 1.165) is 11.6 Å². The van der Waals surface area contributed by atoms with E-state index < -0.39 is 34.9 Å². The molecule has 140 valence electrons. The summed E-state index contributed by atoms with van der Waals surface area (Å²) in [6.45, 7) is 1.62. The van der Waals surface area contributed by atoms with Crippen molar-refractivity contribution in [1.82, 2.24) is 5.32 Å². The van der Waals surface area contributed by atoms with Gasteiger partial charge >= 0.3 is 0 Å². The van der Waals surface area contributed by atoms with Gasteiger partial charge in [-0.25, -0.2) is 4.39 Å². The van der Waals surface area contributed by atoms with E-state index in [-0.39, 0.29) is 10.7 Å². The van der Waals surface area contributed by atoms with Crippen LogP contribution in [-0.4, -0.2) is 23.1 Å². The van der Waals surface area contributed by atoms with Crippen molar-refractivity contribution in [3.63, 3.8) is 0 Å². The van der Waals surface area contributed by atoms with Gasteiger partial charge in [0.25, 0.3) is 0 Å². The summed E-state index contributed by atoms with van der Waals surface area (Å²) in [5.74, 6) is -3.95. The van der Waals surface area contributed by atoms with Crippen LogP contribution < -0.4 is 10.6 Å². The van der Waals surface area contributed by atoms with Crippen LogP contribution in [0.3, 0.4) is 0 Å². The summed E-state index contributed by atoms with van der Waals surface area (Å²) in [5.41, 5.74) is 0.134. The zero-order valence-electron chi connectivity index (χ0n) is 14.6. The summed E-state index contributed by atoms with van der Waals surface area (Å²) in [7, 11) is 0. The molecule has 2 aromatic carbocycles. The Morgan fingerprint density at radius 1 is 1.22 bits per heavy atom. The second kappa shape index (κ2) is 7.48. The molecule has 7 heteroatoms. The number of hydrogen-bond donors (Lipinski definition) is 2. The van der Waals surface area contributed by atoms with Crippen molar-refractivity contribution < 1.29 is 18.8 Å². The summed E-state index contributed by atoms with van der Waals surface area (Å²) >= 11 is 5.69. The first-order valence-electron chi connectivity index (χ1n) is 8.46. The van der Waals surface area contributed by atoms with Crippen LogP contribution in [0.5, 0.6) is 0 Å². The quantitative estimate of drug-likeness (QED) is 0.773. The SMILES string of the molecule is CC1(CCc2ccccc2)NC(=O)C(C(=O)Nc2ccc(F)c(Cl)c2)C1=O. The minimum absolute atomic E-state index is 0.164. The molecule has 5 nitrogen and oxygen atoms in total. The molecule has 3 rings (SSSR count). The summed E-state index contributed by atoms with van der Waals surface area (Å²) in [6, 6.07) is 13.2. The molecule has 1 aliphatic rings. The number of anilines is 1. The van der Waals surface area contributed by atoms with Gasteiger partial charge in [-0.2, -0.15) is 0 Å². The fourth-order valence-corrected chi connectivity index (χ4v) is 3.28. The Labute approximate surface area is 160 Å². The number of benzene rings is 2. The Bertz CT molecular complexity index is 903. The molecule has 1 heterocycles. The predicted molar refractivity (Wildman–Crippen MR) is 99.8 cm³/mol. The van der Waals surface area contributed by atoms with Crippen molar-refractivity contribution in [2.75, 3.05) is 5.32 Å². The molecule has 2 N–H and O–H groups in total. The molecule has 2 atom stereocenters. The van der Waals surface area contributed by atoms with E-state index in [1.807, 2.05) is 30.3 Å². The largest absolute Gasteiger partial charge is 0.343 e. The number of carbonyl (C=O) groups is 3. The Hall–Kier alpha value is -2.73. The molecule has 0 bridgehead atoms. The van der Waals surface area contributed by atoms with E-state index in [9.17, 15) is 18.8 Å². The molecular weight excluding hydrogens is 371 g/mol. The van der Waals surface area contributed by atoms with Crippen LogP contribution in [0.2, 0.25) is 5.02 Å². The van der Waals surface area contributed by atoms with E-state index in [0.29, 0.717) is 12.8 Å². The summed E-state index contributed by atoms with van der Waals surface area (Å²) < 4.78 is 13.2. The smallest absolute Gasteiger partial charge is 0.244 e. The van der Waals surface area contributed by atoms with Crippen LogP contribution in [0.1, 0.15) is 18.9 Å². The fraction of sp³-hybridized carbons (Fsp3) is 0.250. The topological polar surface area (TPSA) is 75.3 Å². The minimum Gasteiger partial charge on any atom is -0.343 e. The zero-order valence-corrected chi connectivity index (χ0v) is 15.3. The standard InChI is InChI=1S/C20H18ClFN2O3/c1-20(10-9-12-5-3-2-4-6-12)17(25)16(19(27)24-20)18(26)23-13-7-8-15(22)14(21)11-13/h2-8,11,16H,9-10H2,1H3,(H,23,26)(H,24,27). The van der Waals surface area contributed by atoms with Gasteiger partial charge in [0.15, 0.2) is 11.7 Å². The van der Waals surface area contributed by atoms with Crippen LogP contribution in [0.4, 0.5) is 10.1 Å². The third-order valence-corrected chi connectivity index (χ3v) is 4.96. The zero-order chi connectivity index (χ0) is 19.6. The maximum absolute atomic E-state index is 13.2. The van der Waals surface area contributed by atoms with E-state index >= 15 is 0 Å². The lowest BCUT2D eigenvalue weighted by Crippen LogP contribution is -2.44. The van der Waals surface area contributed by atoms with Gasteiger partial charge < -0.3 is 10.6 Å². The van der Waals surface area contributed by atoms with Crippen molar-refractivity contribution in [3.05, 3.63) is 64.9 Å². The molecule has 0 radical (unpaired) electrons. The number of amides is 2. The number of hydrogen-bond acceptors (Lipinski definition) is 3. The summed E-state index contributed by atoms with van der Waals surface area (Å²) in [4.78, 5) is 37.5. The number of nitrogens with one attached hydrogen (secondary N) is 2. The minimum atomic E-state index is -1.45. The first-order chi connectivity index (χ1) is 12.8. The fourth-order valence-electron chi connectivity index (χ4n) is 3.09. The lowest BCUT2D eigenvalue weighted by molar-refractivity contribution is -0.135. The highest BCUT2D eigenvalue weighted by Crippen LogP contribution is 2.27. The lowest BCUT2D eigenvalue weighted by atomic mass is 9.87. The monoisotopic (exact) mass is 388 g/mol. The van der Waals surface area contributed by atoms with Crippen LogP contribution in [0.15, 0.2) is 48.5 Å². The average Bonchev–Trinajstić information content (AvgIpc) is 2.86. The molecule has 1 saturated heterocycles. The maximum atomic E-state index is 13.2. The van der Waals surface area contributed by atoms with E-state index in [1.54, 1.807) is 6.92 Å². The van der Waals surface area contributed by atoms with Crippen molar-refractivity contribution in [2.45, 2.75) is 25.3 Å². The molecule has 0 aliphatic carbocycles. The van der Waals surface area contributed by atoms with Gasteiger partial charge in [0.1, 0.15) is 5.82 Å². The average molecular weight is 389 g/mol. The van der Waals surface area contributed by atoms with Crippen molar-refractivity contribution in [2.24, 2.45) is 5.92 Å². The number of carbonyl (C=O) groups excluding carboxylic acids is 3. The number of aryl methyl sites for hydroxylation is 1. The van der Waals surface area contributed by atoms with Gasteiger partial charge in [-0.3, -0.25) is 14.4 Å². The normalized spacial score (nSPS) is 21.8. The second-order valence-corrected chi connectivity index (χ2v) is 7.13. The van der Waals surface area contributed by atoms with E-state index in [1.165, 1.54) is 12.1 Å². The molecule has 0 saturated carbocycles. The lowest BCUT2D eigenvalue weighted by Gasteiger charge is -2.22. The van der Waals surface area contributed by atoms with Crippen molar-refractivity contribution in [1.29, 1.82) is 0 Å². The Kier molecular flexibility index (Phi) is 5.28. The number of ketones is 1. The molecule has 1 aliphatic heterocycles. The maximum Gasteiger partial charge on any atom is 0.244 e. The third-order valence-electron chi connectivity index (χ3n) is 4.67. The van der Waals surface area contributed by atoms with Gasteiger partial charge in [0.2, 0.25) is 11.8 Å². The number of rotatable bonds is 5. The second-order valence-electron chi connectivity index (χ2n) is 6.72. The predicted octanol–water partition coefficient (Wildman–Crippen LogP) is 3.12. The van der Waals surface area contributed by atoms with Crippen LogP contribution in [0, 0.1) is 11.7 Å². The number of Topliss-reactive ketones (excluding diaryl/α,β-unsaturated/α-hetero) is 1. The Morgan fingerprint density at radius 2 is 1.93 bits per heavy atom. The first-order valence-corrected chi connectivity index (χ1v) is 8.84. The number of halogens is 2. The van der Waals surface area contributed by atoms with E-state index in [2.05, 4.69) is 10.6 Å². The molecule has 2 unspecified atom stereocenters. The highest BCUT2D eigenvalue weighted by Gasteiger charge is 2.52. The summed E-state index contributed by atoms with van der Waals surface area (Å²) in [6.07, 6.45) is 0.971. The molecule has 0 spiro atoms. The van der Waals surface area contributed by atoms with Gasteiger partial charge in [-0.1, -0.05) is 41.9 Å². The van der Waals surface area contributed by atoms with Crippen LogP contribution in [0.25, 0.3) is 0 Å². The summed E-state index contributed by atoms with van der Waals surface area (Å²) in [5, 5.41) is 4.94. The van der Waals surface area contributed by atoms with Gasteiger partial charge in [0, 0.05) is 5.69 Å². The van der Waals surface area contributed by atoms with Crippen LogP contribution >= 0.6 is 11.6 Å². The molecule has 1 fully saturated rings. The van der Waals surface area contributed by atoms with Crippen LogP contribution in [-0.2, 0) is 20.8 Å². The van der Waals surface area contributed by atoms with Crippen molar-refractivity contribution in [3.8, 4) is 0 Å². The van der Waals surface area contributed by atoms with Gasteiger partial charge in [-0.15, -0.1) is 0 Å². The Morgan fingerprint density at radius 3 is 2.59 bits per heavy atom. The molecular formula is C20H18ClFN2O3. The highest BCUT2D eigenvalue weighted by atomic mass is 35.5. The van der Waals surface area contributed by atoms with Gasteiger partial charge in [0.05, 0.1) is 10.6 Å².